The van der Waals surface area contributed by atoms with Gasteiger partial charge >= 0.3 is 0 Å². The second-order valence-electron chi connectivity index (χ2n) is 4.31. The Hall–Kier alpha value is -1.86. The number of rotatable bonds is 4. The fourth-order valence-electron chi connectivity index (χ4n) is 2.32. The van der Waals surface area contributed by atoms with Crippen molar-refractivity contribution < 1.29 is 10.0 Å². The van der Waals surface area contributed by atoms with Crippen LogP contribution in [-0.2, 0) is 0 Å². The van der Waals surface area contributed by atoms with Crippen molar-refractivity contribution in [3.05, 3.63) is 28.3 Å². The molecule has 1 atom stereocenters. The highest BCUT2D eigenvalue weighted by Crippen LogP contribution is 2.31. The third-order valence-electron chi connectivity index (χ3n) is 3.20. The lowest BCUT2D eigenvalue weighted by Gasteiger charge is -2.25. The predicted molar refractivity (Wildman–Crippen MR) is 68.4 cm³/mol. The van der Waals surface area contributed by atoms with Crippen molar-refractivity contribution in [3.8, 4) is 0 Å². The third kappa shape index (κ3) is 2.36. The molecule has 0 aliphatic carbocycles. The van der Waals surface area contributed by atoms with Gasteiger partial charge in [0.15, 0.2) is 0 Å². The van der Waals surface area contributed by atoms with Crippen LogP contribution in [0.1, 0.15) is 12.8 Å². The molecule has 0 saturated carbocycles. The molecule has 0 radical (unpaired) electrons. The van der Waals surface area contributed by atoms with Crippen LogP contribution in [0.4, 0.5) is 17.1 Å². The summed E-state index contributed by atoms with van der Waals surface area (Å²) >= 11 is 0. The van der Waals surface area contributed by atoms with Crippen molar-refractivity contribution in [1.82, 2.24) is 0 Å². The second-order valence-corrected chi connectivity index (χ2v) is 4.31. The smallest absolute Gasteiger partial charge is 0.273 e. The number of nitro groups is 1. The van der Waals surface area contributed by atoms with Crippen molar-refractivity contribution in [2.75, 3.05) is 23.5 Å². The summed E-state index contributed by atoms with van der Waals surface area (Å²) in [4.78, 5) is 12.4. The zero-order valence-electron chi connectivity index (χ0n) is 9.87. The fourth-order valence-corrected chi connectivity index (χ4v) is 2.32. The number of nitrogens with one attached hydrogen (secondary N) is 1. The van der Waals surface area contributed by atoms with Crippen LogP contribution in [0.3, 0.4) is 0 Å². The molecule has 18 heavy (non-hydrogen) atoms. The Bertz CT molecular complexity index is 452. The average Bonchev–Trinajstić information content (AvgIpc) is 2.86. The van der Waals surface area contributed by atoms with E-state index >= 15 is 0 Å². The van der Waals surface area contributed by atoms with Crippen molar-refractivity contribution in [2.24, 2.45) is 5.84 Å². The first-order valence-corrected chi connectivity index (χ1v) is 5.79. The summed E-state index contributed by atoms with van der Waals surface area (Å²) in [5.74, 6) is 5.31. The lowest BCUT2D eigenvalue weighted by molar-refractivity contribution is -0.384. The summed E-state index contributed by atoms with van der Waals surface area (Å²) in [6.07, 6.45) is 1.86. The quantitative estimate of drug-likeness (QED) is 0.416. The van der Waals surface area contributed by atoms with Gasteiger partial charge in [-0.2, -0.15) is 0 Å². The molecule has 7 heteroatoms. The van der Waals surface area contributed by atoms with Crippen LogP contribution in [0, 0.1) is 10.1 Å². The van der Waals surface area contributed by atoms with E-state index in [-0.39, 0.29) is 18.3 Å². The van der Waals surface area contributed by atoms with Crippen LogP contribution in [-0.4, -0.2) is 29.2 Å². The normalized spacial score (nSPS) is 19.0. The van der Waals surface area contributed by atoms with E-state index in [1.54, 1.807) is 6.07 Å². The van der Waals surface area contributed by atoms with E-state index in [0.29, 0.717) is 11.4 Å². The lowest BCUT2D eigenvalue weighted by atomic mass is 10.2. The Balaban J connectivity index is 2.37. The highest BCUT2D eigenvalue weighted by Gasteiger charge is 2.25. The SMILES string of the molecule is NNc1cc(N2CCCC2CO)cc([N+](=O)[O-])c1. The van der Waals surface area contributed by atoms with Gasteiger partial charge in [-0.15, -0.1) is 0 Å². The Morgan fingerprint density at radius 1 is 1.56 bits per heavy atom. The zero-order valence-corrected chi connectivity index (χ0v) is 9.87. The monoisotopic (exact) mass is 252 g/mol. The van der Waals surface area contributed by atoms with Gasteiger partial charge in [-0.25, -0.2) is 0 Å². The van der Waals surface area contributed by atoms with Crippen LogP contribution in [0.2, 0.25) is 0 Å². The average molecular weight is 252 g/mol. The molecule has 4 N–H and O–H groups in total. The first-order chi connectivity index (χ1) is 8.65. The molecule has 7 nitrogen and oxygen atoms in total. The van der Waals surface area contributed by atoms with Crippen molar-refractivity contribution in [2.45, 2.75) is 18.9 Å². The first-order valence-electron chi connectivity index (χ1n) is 5.79. The van der Waals surface area contributed by atoms with E-state index in [1.165, 1.54) is 12.1 Å². The largest absolute Gasteiger partial charge is 0.394 e. The minimum atomic E-state index is -0.450. The van der Waals surface area contributed by atoms with Crippen LogP contribution >= 0.6 is 0 Å². The van der Waals surface area contributed by atoms with Gasteiger partial charge in [0.2, 0.25) is 0 Å². The summed E-state index contributed by atoms with van der Waals surface area (Å²) in [6, 6.07) is 4.67. The predicted octanol–water partition coefficient (Wildman–Crippen LogP) is 0.841. The van der Waals surface area contributed by atoms with E-state index in [0.717, 1.165) is 19.4 Å². The minimum Gasteiger partial charge on any atom is -0.394 e. The van der Waals surface area contributed by atoms with Crippen LogP contribution in [0.5, 0.6) is 0 Å². The number of benzene rings is 1. The van der Waals surface area contributed by atoms with E-state index in [1.807, 2.05) is 4.90 Å². The van der Waals surface area contributed by atoms with Crippen LogP contribution in [0.15, 0.2) is 18.2 Å². The molecule has 0 spiro atoms. The van der Waals surface area contributed by atoms with E-state index < -0.39 is 4.92 Å². The molecule has 98 valence electrons. The number of aliphatic hydroxyl groups is 1. The minimum absolute atomic E-state index is 0.0101. The van der Waals surface area contributed by atoms with Crippen molar-refractivity contribution >= 4 is 17.1 Å². The molecule has 1 saturated heterocycles. The molecule has 1 aliphatic heterocycles. The summed E-state index contributed by atoms with van der Waals surface area (Å²) in [5.41, 5.74) is 3.62. The Kier molecular flexibility index (Phi) is 3.63. The van der Waals surface area contributed by atoms with Gasteiger partial charge in [0.1, 0.15) is 0 Å². The number of hydrogen-bond donors (Lipinski definition) is 3. The molecule has 1 aromatic rings. The molecule has 1 aliphatic rings. The standard InChI is InChI=1S/C11H16N4O3/c12-13-8-4-10(6-11(5-8)15(17)18)14-3-1-2-9(14)7-16/h4-6,9,13,16H,1-3,7,12H2. The second kappa shape index (κ2) is 5.19. The molecule has 0 bridgehead atoms. The van der Waals surface area contributed by atoms with Crippen molar-refractivity contribution in [3.63, 3.8) is 0 Å². The summed E-state index contributed by atoms with van der Waals surface area (Å²) in [5, 5.41) is 20.1. The topological polar surface area (TPSA) is 105 Å². The molecule has 1 heterocycles. The number of anilines is 2. The molecule has 1 unspecified atom stereocenters. The lowest BCUT2D eigenvalue weighted by Crippen LogP contribution is -2.32. The van der Waals surface area contributed by atoms with Gasteiger partial charge in [0.25, 0.3) is 5.69 Å². The number of nitrogens with zero attached hydrogens (tertiary/aromatic N) is 2. The van der Waals surface area contributed by atoms with E-state index in [2.05, 4.69) is 5.43 Å². The van der Waals surface area contributed by atoms with Gasteiger partial charge in [-0.1, -0.05) is 0 Å². The molecule has 1 aromatic carbocycles. The molecular formula is C11H16N4O3. The summed E-state index contributed by atoms with van der Waals surface area (Å²) in [7, 11) is 0. The third-order valence-corrected chi connectivity index (χ3v) is 3.20. The van der Waals surface area contributed by atoms with Crippen molar-refractivity contribution in [1.29, 1.82) is 0 Å². The molecular weight excluding hydrogens is 236 g/mol. The van der Waals surface area contributed by atoms with E-state index in [4.69, 9.17) is 5.84 Å². The Labute approximate surface area is 104 Å². The number of aliphatic hydroxyl groups excluding tert-OH is 1. The summed E-state index contributed by atoms with van der Waals surface area (Å²) in [6.45, 7) is 0.838. The van der Waals surface area contributed by atoms with Crippen LogP contribution in [0.25, 0.3) is 0 Å². The number of hydrazine groups is 1. The first kappa shape index (κ1) is 12.6. The molecule has 2 rings (SSSR count). The number of nitrogen functional groups attached to an aromatic ring is 1. The molecule has 1 fully saturated rings. The maximum absolute atomic E-state index is 10.9. The van der Waals surface area contributed by atoms with E-state index in [9.17, 15) is 15.2 Å². The number of nitrogens with two attached hydrogens (primary N) is 1. The van der Waals surface area contributed by atoms with Gasteiger partial charge in [0, 0.05) is 24.4 Å². The van der Waals surface area contributed by atoms with Gasteiger partial charge in [-0.05, 0) is 18.9 Å². The number of hydrogen-bond acceptors (Lipinski definition) is 6. The van der Waals surface area contributed by atoms with Crippen LogP contribution < -0.4 is 16.2 Å². The zero-order chi connectivity index (χ0) is 13.1. The molecule has 0 amide bonds. The maximum Gasteiger partial charge on any atom is 0.273 e. The van der Waals surface area contributed by atoms with Gasteiger partial charge in [0.05, 0.1) is 23.3 Å². The number of nitro benzene ring substituents is 1. The molecule has 0 aromatic heterocycles. The van der Waals surface area contributed by atoms with Gasteiger partial charge < -0.3 is 15.4 Å². The summed E-state index contributed by atoms with van der Waals surface area (Å²) < 4.78 is 0. The fraction of sp³-hybridized carbons (Fsp3) is 0.455. The van der Waals surface area contributed by atoms with Gasteiger partial charge in [-0.3, -0.25) is 16.0 Å². The highest BCUT2D eigenvalue weighted by molar-refractivity contribution is 5.64. The maximum atomic E-state index is 10.9. The number of non-ortho nitro benzene ring substituents is 1. The highest BCUT2D eigenvalue weighted by atomic mass is 16.6. The Morgan fingerprint density at radius 2 is 2.33 bits per heavy atom. The Morgan fingerprint density at radius 3 is 2.94 bits per heavy atom.